The minimum absolute atomic E-state index is 0.766. The molecule has 0 saturated heterocycles. The second kappa shape index (κ2) is 8.28. The van der Waals surface area contributed by atoms with E-state index in [0.29, 0.717) is 0 Å². The predicted molar refractivity (Wildman–Crippen MR) is 79.6 cm³/mol. The van der Waals surface area contributed by atoms with Crippen molar-refractivity contribution in [3.8, 4) is 0 Å². The van der Waals surface area contributed by atoms with Gasteiger partial charge >= 0.3 is 0 Å². The molecule has 1 atom stereocenters. The van der Waals surface area contributed by atoms with Crippen LogP contribution in [-0.2, 0) is 6.54 Å². The van der Waals surface area contributed by atoms with Crippen LogP contribution < -0.4 is 5.73 Å². The lowest BCUT2D eigenvalue weighted by molar-refractivity contribution is 0.306. The van der Waals surface area contributed by atoms with E-state index in [1.54, 1.807) is 0 Å². The van der Waals surface area contributed by atoms with Crippen molar-refractivity contribution in [3.05, 3.63) is 35.4 Å². The van der Waals surface area contributed by atoms with Gasteiger partial charge in [0.2, 0.25) is 0 Å². The van der Waals surface area contributed by atoms with Gasteiger partial charge in [-0.3, -0.25) is 0 Å². The van der Waals surface area contributed by atoms with Crippen LogP contribution in [0.25, 0.3) is 0 Å². The van der Waals surface area contributed by atoms with Gasteiger partial charge in [-0.25, -0.2) is 0 Å². The standard InChI is InChI=1S/C16H28N2/c1-14(10-11-17)5-4-12-18(3)13-16-8-6-15(2)7-9-16/h6-9,14H,4-5,10-13,17H2,1-3H3. The quantitative estimate of drug-likeness (QED) is 0.765. The summed E-state index contributed by atoms with van der Waals surface area (Å²) < 4.78 is 0. The molecule has 0 spiro atoms. The lowest BCUT2D eigenvalue weighted by atomic mass is 10.0. The maximum Gasteiger partial charge on any atom is 0.0230 e. The van der Waals surface area contributed by atoms with E-state index in [0.717, 1.165) is 25.4 Å². The number of hydrogen-bond acceptors (Lipinski definition) is 2. The Hall–Kier alpha value is -0.860. The van der Waals surface area contributed by atoms with E-state index in [-0.39, 0.29) is 0 Å². The highest BCUT2D eigenvalue weighted by Gasteiger charge is 2.03. The van der Waals surface area contributed by atoms with Crippen LogP contribution in [0, 0.1) is 12.8 Å². The summed E-state index contributed by atoms with van der Waals surface area (Å²) in [4.78, 5) is 2.40. The fourth-order valence-corrected chi connectivity index (χ4v) is 2.22. The average molecular weight is 248 g/mol. The van der Waals surface area contributed by atoms with Gasteiger partial charge < -0.3 is 10.6 Å². The Kier molecular flexibility index (Phi) is 6.99. The van der Waals surface area contributed by atoms with Crippen molar-refractivity contribution in [3.63, 3.8) is 0 Å². The Bertz CT molecular complexity index is 318. The summed E-state index contributed by atoms with van der Waals surface area (Å²) in [6.45, 7) is 7.47. The van der Waals surface area contributed by atoms with Crippen molar-refractivity contribution in [2.45, 2.75) is 39.7 Å². The highest BCUT2D eigenvalue weighted by molar-refractivity contribution is 5.21. The molecule has 0 heterocycles. The first-order valence-electron chi connectivity index (χ1n) is 7.06. The highest BCUT2D eigenvalue weighted by Crippen LogP contribution is 2.11. The van der Waals surface area contributed by atoms with E-state index >= 15 is 0 Å². The number of benzene rings is 1. The van der Waals surface area contributed by atoms with Gasteiger partial charge in [-0.05, 0) is 57.8 Å². The molecule has 1 aromatic rings. The molecular weight excluding hydrogens is 220 g/mol. The third-order valence-corrected chi connectivity index (χ3v) is 3.47. The fraction of sp³-hybridized carbons (Fsp3) is 0.625. The Morgan fingerprint density at radius 3 is 2.44 bits per heavy atom. The first kappa shape index (κ1) is 15.2. The summed E-state index contributed by atoms with van der Waals surface area (Å²) in [5, 5.41) is 0. The lowest BCUT2D eigenvalue weighted by Gasteiger charge is -2.18. The molecule has 0 aliphatic carbocycles. The molecule has 0 radical (unpaired) electrons. The zero-order valence-electron chi connectivity index (χ0n) is 12.2. The maximum absolute atomic E-state index is 5.56. The molecule has 102 valence electrons. The van der Waals surface area contributed by atoms with Crippen molar-refractivity contribution < 1.29 is 0 Å². The largest absolute Gasteiger partial charge is 0.330 e. The van der Waals surface area contributed by atoms with Gasteiger partial charge in [0.1, 0.15) is 0 Å². The molecule has 0 aromatic heterocycles. The molecule has 0 aliphatic rings. The summed E-state index contributed by atoms with van der Waals surface area (Å²) in [7, 11) is 2.20. The number of hydrogen-bond donors (Lipinski definition) is 1. The number of nitrogens with zero attached hydrogens (tertiary/aromatic N) is 1. The lowest BCUT2D eigenvalue weighted by Crippen LogP contribution is -2.19. The Balaban J connectivity index is 2.21. The van der Waals surface area contributed by atoms with Crippen LogP contribution >= 0.6 is 0 Å². The van der Waals surface area contributed by atoms with Crippen LogP contribution in [0.4, 0.5) is 0 Å². The monoisotopic (exact) mass is 248 g/mol. The van der Waals surface area contributed by atoms with Gasteiger partial charge in [0, 0.05) is 6.54 Å². The van der Waals surface area contributed by atoms with Gasteiger partial charge in [0.15, 0.2) is 0 Å². The molecule has 1 unspecified atom stereocenters. The van der Waals surface area contributed by atoms with E-state index in [9.17, 15) is 0 Å². The minimum atomic E-state index is 0.766. The smallest absolute Gasteiger partial charge is 0.0230 e. The molecule has 18 heavy (non-hydrogen) atoms. The normalized spacial score (nSPS) is 12.9. The molecule has 0 fully saturated rings. The zero-order chi connectivity index (χ0) is 13.4. The highest BCUT2D eigenvalue weighted by atomic mass is 15.1. The number of aryl methyl sites for hydroxylation is 1. The van der Waals surface area contributed by atoms with Crippen LogP contribution in [0.1, 0.15) is 37.3 Å². The molecule has 2 heteroatoms. The third kappa shape index (κ3) is 6.18. The topological polar surface area (TPSA) is 29.3 Å². The predicted octanol–water partition coefficient (Wildman–Crippen LogP) is 3.19. The van der Waals surface area contributed by atoms with Crippen molar-refractivity contribution in [1.29, 1.82) is 0 Å². The summed E-state index contributed by atoms with van der Waals surface area (Å²) >= 11 is 0. The third-order valence-electron chi connectivity index (χ3n) is 3.47. The average Bonchev–Trinajstić information content (AvgIpc) is 2.32. The first-order valence-corrected chi connectivity index (χ1v) is 7.06. The van der Waals surface area contributed by atoms with Gasteiger partial charge in [-0.1, -0.05) is 36.8 Å². The van der Waals surface area contributed by atoms with Crippen LogP contribution in [0.3, 0.4) is 0 Å². The summed E-state index contributed by atoms with van der Waals surface area (Å²) in [5.41, 5.74) is 8.30. The molecular formula is C16H28N2. The zero-order valence-corrected chi connectivity index (χ0v) is 12.2. The Labute approximate surface area is 112 Å². The Morgan fingerprint density at radius 1 is 1.17 bits per heavy atom. The first-order chi connectivity index (χ1) is 8.61. The van der Waals surface area contributed by atoms with Gasteiger partial charge in [-0.15, -0.1) is 0 Å². The number of rotatable bonds is 8. The van der Waals surface area contributed by atoms with Crippen molar-refractivity contribution in [1.82, 2.24) is 4.90 Å². The molecule has 2 nitrogen and oxygen atoms in total. The van der Waals surface area contributed by atoms with Crippen molar-refractivity contribution >= 4 is 0 Å². The second-order valence-electron chi connectivity index (χ2n) is 5.55. The van der Waals surface area contributed by atoms with Gasteiger partial charge in [0.25, 0.3) is 0 Å². The van der Waals surface area contributed by atoms with Gasteiger partial charge in [-0.2, -0.15) is 0 Å². The molecule has 0 amide bonds. The number of nitrogens with two attached hydrogens (primary N) is 1. The van der Waals surface area contributed by atoms with Crippen LogP contribution in [-0.4, -0.2) is 25.0 Å². The molecule has 1 aromatic carbocycles. The summed E-state index contributed by atoms with van der Waals surface area (Å²) in [6.07, 6.45) is 3.71. The van der Waals surface area contributed by atoms with E-state index < -0.39 is 0 Å². The van der Waals surface area contributed by atoms with Crippen LogP contribution in [0.2, 0.25) is 0 Å². The molecule has 0 aliphatic heterocycles. The summed E-state index contributed by atoms with van der Waals surface area (Å²) in [5.74, 6) is 0.766. The van der Waals surface area contributed by atoms with Gasteiger partial charge in [0.05, 0.1) is 0 Å². The summed E-state index contributed by atoms with van der Waals surface area (Å²) in [6, 6.07) is 8.82. The maximum atomic E-state index is 5.56. The molecule has 0 bridgehead atoms. The van der Waals surface area contributed by atoms with E-state index in [4.69, 9.17) is 5.73 Å². The minimum Gasteiger partial charge on any atom is -0.330 e. The van der Waals surface area contributed by atoms with E-state index in [1.807, 2.05) is 0 Å². The van der Waals surface area contributed by atoms with Crippen LogP contribution in [0.5, 0.6) is 0 Å². The molecule has 0 saturated carbocycles. The van der Waals surface area contributed by atoms with Crippen LogP contribution in [0.15, 0.2) is 24.3 Å². The molecule has 2 N–H and O–H groups in total. The van der Waals surface area contributed by atoms with E-state index in [2.05, 4.69) is 50.1 Å². The van der Waals surface area contributed by atoms with E-state index in [1.165, 1.54) is 30.5 Å². The Morgan fingerprint density at radius 2 is 1.83 bits per heavy atom. The van der Waals surface area contributed by atoms with Crippen molar-refractivity contribution in [2.24, 2.45) is 11.7 Å². The van der Waals surface area contributed by atoms with Crippen molar-refractivity contribution in [2.75, 3.05) is 20.1 Å². The second-order valence-corrected chi connectivity index (χ2v) is 5.55. The molecule has 1 rings (SSSR count). The SMILES string of the molecule is Cc1ccc(CN(C)CCCC(C)CCN)cc1. The fourth-order valence-electron chi connectivity index (χ4n) is 2.22.